The van der Waals surface area contributed by atoms with Gasteiger partial charge in [-0.1, -0.05) is 59.8 Å². The zero-order chi connectivity index (χ0) is 10.7. The summed E-state index contributed by atoms with van der Waals surface area (Å²) in [6, 6.07) is 0. The molecule has 0 aromatic rings. The molecule has 0 N–H and O–H groups in total. The number of rotatable bonds is 1. The van der Waals surface area contributed by atoms with Crippen molar-refractivity contribution in [2.24, 2.45) is 10.8 Å². The Kier molecular flexibility index (Phi) is 4.04. The van der Waals surface area contributed by atoms with E-state index in [1.54, 1.807) is 0 Å². The van der Waals surface area contributed by atoms with Gasteiger partial charge in [-0.25, -0.2) is 0 Å². The van der Waals surface area contributed by atoms with Crippen molar-refractivity contribution in [1.82, 2.24) is 0 Å². The second-order valence-electron chi connectivity index (χ2n) is 6.15. The van der Waals surface area contributed by atoms with E-state index in [1.165, 1.54) is 51.4 Å². The predicted molar refractivity (Wildman–Crippen MR) is 64.5 cm³/mol. The lowest BCUT2D eigenvalue weighted by atomic mass is 9.59. The minimum atomic E-state index is 0.499. The lowest BCUT2D eigenvalue weighted by molar-refractivity contribution is 0.0467. The lowest BCUT2D eigenvalue weighted by Crippen LogP contribution is -2.35. The van der Waals surface area contributed by atoms with Gasteiger partial charge in [-0.2, -0.15) is 0 Å². The van der Waals surface area contributed by atoms with Crippen LogP contribution in [0.2, 0.25) is 0 Å². The van der Waals surface area contributed by atoms with Gasteiger partial charge in [-0.3, -0.25) is 0 Å². The maximum absolute atomic E-state index is 2.44. The molecule has 84 valence electrons. The highest BCUT2D eigenvalue weighted by Gasteiger charge is 2.39. The number of hydrogen-bond acceptors (Lipinski definition) is 0. The summed E-state index contributed by atoms with van der Waals surface area (Å²) >= 11 is 0. The Labute approximate surface area is 90.5 Å². The molecule has 1 fully saturated rings. The van der Waals surface area contributed by atoms with Crippen LogP contribution in [0.15, 0.2) is 0 Å². The van der Waals surface area contributed by atoms with Crippen molar-refractivity contribution >= 4 is 0 Å². The molecule has 1 rings (SSSR count). The van der Waals surface area contributed by atoms with E-state index in [0.717, 1.165) is 0 Å². The van der Waals surface area contributed by atoms with Crippen LogP contribution in [0, 0.1) is 10.8 Å². The highest BCUT2D eigenvalue weighted by Crippen LogP contribution is 2.50. The summed E-state index contributed by atoms with van der Waals surface area (Å²) < 4.78 is 0. The molecule has 0 heterocycles. The predicted octanol–water partition coefficient (Wildman–Crippen LogP) is 5.17. The second kappa shape index (κ2) is 4.68. The molecule has 0 aromatic carbocycles. The quantitative estimate of drug-likeness (QED) is 0.542. The van der Waals surface area contributed by atoms with Crippen LogP contribution in [0.5, 0.6) is 0 Å². The first kappa shape index (κ1) is 12.1. The Morgan fingerprint density at radius 3 is 1.64 bits per heavy atom. The summed E-state index contributed by atoms with van der Waals surface area (Å²) in [5, 5.41) is 0. The van der Waals surface area contributed by atoms with Crippen LogP contribution in [0.25, 0.3) is 0 Å². The molecule has 0 unspecified atom stereocenters. The van der Waals surface area contributed by atoms with Crippen LogP contribution in [-0.4, -0.2) is 0 Å². The van der Waals surface area contributed by atoms with E-state index >= 15 is 0 Å². The van der Waals surface area contributed by atoms with Gasteiger partial charge in [0.1, 0.15) is 0 Å². The van der Waals surface area contributed by atoms with E-state index in [0.29, 0.717) is 10.8 Å². The molecule has 0 spiro atoms. The van der Waals surface area contributed by atoms with Crippen LogP contribution < -0.4 is 0 Å². The third-order valence-electron chi connectivity index (χ3n) is 4.58. The Hall–Kier alpha value is 0. The molecule has 14 heavy (non-hydrogen) atoms. The topological polar surface area (TPSA) is 0 Å². The summed E-state index contributed by atoms with van der Waals surface area (Å²) in [6.07, 6.45) is 11.6. The van der Waals surface area contributed by atoms with E-state index in [9.17, 15) is 0 Å². The fraction of sp³-hybridized carbons (Fsp3) is 1.00. The molecule has 0 bridgehead atoms. The van der Waals surface area contributed by atoms with E-state index in [1.807, 2.05) is 0 Å². The third kappa shape index (κ3) is 2.52. The van der Waals surface area contributed by atoms with Gasteiger partial charge in [-0.05, 0) is 30.1 Å². The minimum absolute atomic E-state index is 0.499. The average Bonchev–Trinajstić information content (AvgIpc) is 2.02. The van der Waals surface area contributed by atoms with Gasteiger partial charge in [0.2, 0.25) is 0 Å². The molecule has 0 amide bonds. The van der Waals surface area contributed by atoms with E-state index in [2.05, 4.69) is 27.7 Å². The van der Waals surface area contributed by atoms with Gasteiger partial charge in [0.15, 0.2) is 0 Å². The van der Waals surface area contributed by atoms with Crippen LogP contribution in [0.3, 0.4) is 0 Å². The molecule has 1 aliphatic rings. The molecular formula is C14H28. The van der Waals surface area contributed by atoms with Crippen molar-refractivity contribution in [3.8, 4) is 0 Å². The first-order valence-corrected chi connectivity index (χ1v) is 6.52. The highest BCUT2D eigenvalue weighted by atomic mass is 14.4. The summed E-state index contributed by atoms with van der Waals surface area (Å²) in [5.74, 6) is 0. The zero-order valence-electron chi connectivity index (χ0n) is 10.7. The van der Waals surface area contributed by atoms with Crippen LogP contribution in [-0.2, 0) is 0 Å². The highest BCUT2D eigenvalue weighted by molar-refractivity contribution is 4.89. The fourth-order valence-electron chi connectivity index (χ4n) is 3.22. The lowest BCUT2D eigenvalue weighted by Gasteiger charge is -2.46. The van der Waals surface area contributed by atoms with Gasteiger partial charge in [0, 0.05) is 0 Å². The van der Waals surface area contributed by atoms with Crippen LogP contribution in [0.1, 0.15) is 79.1 Å². The third-order valence-corrected chi connectivity index (χ3v) is 4.58. The zero-order valence-corrected chi connectivity index (χ0v) is 10.7. The molecule has 0 heteroatoms. The Bertz CT molecular complexity index is 153. The van der Waals surface area contributed by atoms with Crippen molar-refractivity contribution in [3.63, 3.8) is 0 Å². The van der Waals surface area contributed by atoms with Crippen molar-refractivity contribution in [3.05, 3.63) is 0 Å². The first-order valence-electron chi connectivity index (χ1n) is 6.52. The van der Waals surface area contributed by atoms with Crippen LogP contribution in [0.4, 0.5) is 0 Å². The molecule has 0 aromatic heterocycles. The Balaban J connectivity index is 2.73. The van der Waals surface area contributed by atoms with Crippen molar-refractivity contribution in [2.75, 3.05) is 0 Å². The fourth-order valence-corrected chi connectivity index (χ4v) is 3.22. The van der Waals surface area contributed by atoms with Gasteiger partial charge in [0.25, 0.3) is 0 Å². The molecule has 0 aliphatic heterocycles. The first-order chi connectivity index (χ1) is 6.52. The smallest absolute Gasteiger partial charge is 0.0251 e. The van der Waals surface area contributed by atoms with Gasteiger partial charge in [-0.15, -0.1) is 0 Å². The average molecular weight is 196 g/mol. The second-order valence-corrected chi connectivity index (χ2v) is 6.15. The molecule has 0 radical (unpaired) electrons. The minimum Gasteiger partial charge on any atom is -0.0648 e. The van der Waals surface area contributed by atoms with Gasteiger partial charge >= 0.3 is 0 Å². The summed E-state index contributed by atoms with van der Waals surface area (Å²) in [7, 11) is 0. The Morgan fingerprint density at radius 2 is 1.29 bits per heavy atom. The summed E-state index contributed by atoms with van der Waals surface area (Å²) in [4.78, 5) is 0. The van der Waals surface area contributed by atoms with Gasteiger partial charge < -0.3 is 0 Å². The van der Waals surface area contributed by atoms with E-state index < -0.39 is 0 Å². The van der Waals surface area contributed by atoms with Crippen molar-refractivity contribution in [1.29, 1.82) is 0 Å². The van der Waals surface area contributed by atoms with Crippen LogP contribution >= 0.6 is 0 Å². The SMILES string of the molecule is CCC1(C(C)(C)C)CCCCCCC1. The van der Waals surface area contributed by atoms with E-state index in [-0.39, 0.29) is 0 Å². The Morgan fingerprint density at radius 1 is 0.857 bits per heavy atom. The summed E-state index contributed by atoms with van der Waals surface area (Å²) in [6.45, 7) is 9.72. The van der Waals surface area contributed by atoms with Crippen molar-refractivity contribution in [2.45, 2.75) is 79.1 Å². The van der Waals surface area contributed by atoms with E-state index in [4.69, 9.17) is 0 Å². The molecule has 0 atom stereocenters. The number of hydrogen-bond donors (Lipinski definition) is 0. The maximum atomic E-state index is 2.44. The standard InChI is InChI=1S/C14H28/c1-5-14(13(2,3)4)11-9-7-6-8-10-12-14/h5-12H2,1-4H3. The van der Waals surface area contributed by atoms with Gasteiger partial charge in [0.05, 0.1) is 0 Å². The largest absolute Gasteiger partial charge is 0.0648 e. The summed E-state index contributed by atoms with van der Waals surface area (Å²) in [5.41, 5.74) is 1.13. The van der Waals surface area contributed by atoms with Crippen molar-refractivity contribution < 1.29 is 0 Å². The monoisotopic (exact) mass is 196 g/mol. The molecule has 0 saturated heterocycles. The molecular weight excluding hydrogens is 168 g/mol. The molecule has 0 nitrogen and oxygen atoms in total. The maximum Gasteiger partial charge on any atom is -0.0251 e. The normalized spacial score (nSPS) is 24.0. The molecule has 1 saturated carbocycles. The molecule has 1 aliphatic carbocycles.